The Bertz CT molecular complexity index is 335. The summed E-state index contributed by atoms with van der Waals surface area (Å²) < 4.78 is 0. The minimum atomic E-state index is 0.218. The van der Waals surface area contributed by atoms with Gasteiger partial charge in [0.2, 0.25) is 0 Å². The van der Waals surface area contributed by atoms with E-state index in [0.29, 0.717) is 0 Å². The van der Waals surface area contributed by atoms with E-state index in [1.54, 1.807) is 12.4 Å². The van der Waals surface area contributed by atoms with E-state index in [2.05, 4.69) is 23.7 Å². The molecule has 16 heavy (non-hydrogen) atoms. The molecular weight excluding hydrogens is 196 g/mol. The zero-order valence-electron chi connectivity index (χ0n) is 9.95. The molecule has 0 bridgehead atoms. The topological polar surface area (TPSA) is 38.9 Å². The number of hydrogen-bond donors (Lipinski definition) is 1. The minimum absolute atomic E-state index is 0.218. The van der Waals surface area contributed by atoms with Crippen molar-refractivity contribution in [3.63, 3.8) is 0 Å². The van der Waals surface area contributed by atoms with Crippen LogP contribution < -0.4 is 5.73 Å². The summed E-state index contributed by atoms with van der Waals surface area (Å²) in [5.74, 6) is 6.19. The van der Waals surface area contributed by atoms with Gasteiger partial charge in [0.05, 0.1) is 0 Å². The fourth-order valence-corrected chi connectivity index (χ4v) is 1.48. The van der Waals surface area contributed by atoms with Crippen molar-refractivity contribution in [3.8, 4) is 11.8 Å². The average Bonchev–Trinajstić information content (AvgIpc) is 2.31. The normalized spacial score (nSPS) is 11.6. The van der Waals surface area contributed by atoms with Gasteiger partial charge >= 0.3 is 0 Å². The second kappa shape index (κ2) is 7.90. The third-order valence-electron chi connectivity index (χ3n) is 2.44. The van der Waals surface area contributed by atoms with E-state index < -0.39 is 0 Å². The highest BCUT2D eigenvalue weighted by molar-refractivity contribution is 5.31. The Balaban J connectivity index is 2.26. The summed E-state index contributed by atoms with van der Waals surface area (Å²) in [5, 5.41) is 0. The summed E-state index contributed by atoms with van der Waals surface area (Å²) in [7, 11) is 0. The van der Waals surface area contributed by atoms with Crippen LogP contribution in [0.3, 0.4) is 0 Å². The molecule has 0 saturated carbocycles. The molecule has 0 radical (unpaired) electrons. The summed E-state index contributed by atoms with van der Waals surface area (Å²) in [4.78, 5) is 4.01. The first-order valence-electron chi connectivity index (χ1n) is 5.97. The lowest BCUT2D eigenvalue weighted by molar-refractivity contribution is 0.569. The summed E-state index contributed by atoms with van der Waals surface area (Å²) in [6.45, 7) is 2.20. The van der Waals surface area contributed by atoms with Crippen LogP contribution in [0.1, 0.15) is 44.6 Å². The first kappa shape index (κ1) is 12.7. The molecule has 1 rings (SSSR count). The van der Waals surface area contributed by atoms with E-state index in [4.69, 9.17) is 5.73 Å². The Morgan fingerprint density at radius 3 is 3.00 bits per heavy atom. The van der Waals surface area contributed by atoms with E-state index >= 15 is 0 Å². The van der Waals surface area contributed by atoms with E-state index in [-0.39, 0.29) is 6.04 Å². The van der Waals surface area contributed by atoms with Crippen molar-refractivity contribution >= 4 is 0 Å². The van der Waals surface area contributed by atoms with E-state index in [9.17, 15) is 0 Å². The van der Waals surface area contributed by atoms with Crippen molar-refractivity contribution in [2.45, 2.75) is 45.1 Å². The number of rotatable bonds is 5. The second-order valence-electron chi connectivity index (χ2n) is 4.00. The van der Waals surface area contributed by atoms with Gasteiger partial charge in [0.1, 0.15) is 0 Å². The first-order valence-corrected chi connectivity index (χ1v) is 5.97. The molecule has 0 amide bonds. The van der Waals surface area contributed by atoms with Crippen LogP contribution in [-0.4, -0.2) is 11.0 Å². The fourth-order valence-electron chi connectivity index (χ4n) is 1.48. The zero-order chi connectivity index (χ0) is 11.6. The number of nitrogens with zero attached hydrogens (tertiary/aromatic N) is 1. The number of aromatic nitrogens is 1. The Morgan fingerprint density at radius 1 is 1.44 bits per heavy atom. The molecule has 0 aliphatic heterocycles. The highest BCUT2D eigenvalue weighted by atomic mass is 14.6. The van der Waals surface area contributed by atoms with Crippen LogP contribution in [0.15, 0.2) is 24.5 Å². The standard InChI is InChI=1S/C14H20N2/c1-2-3-4-9-14(15)10-5-7-13-8-6-11-16-12-13/h6,8,11-12,14H,2-4,9-10,15H2,1H3. The molecule has 0 aromatic carbocycles. The van der Waals surface area contributed by atoms with Gasteiger partial charge in [-0.25, -0.2) is 0 Å². The van der Waals surface area contributed by atoms with Gasteiger partial charge in [0.25, 0.3) is 0 Å². The first-order chi connectivity index (χ1) is 7.83. The molecule has 0 aliphatic rings. The summed E-state index contributed by atoms with van der Waals surface area (Å²) in [6.07, 6.45) is 9.11. The monoisotopic (exact) mass is 216 g/mol. The molecule has 0 fully saturated rings. The van der Waals surface area contributed by atoms with Crippen LogP contribution in [0.2, 0.25) is 0 Å². The van der Waals surface area contributed by atoms with Gasteiger partial charge in [0.15, 0.2) is 0 Å². The number of unbranched alkanes of at least 4 members (excludes halogenated alkanes) is 2. The maximum Gasteiger partial charge on any atom is 0.0428 e. The number of pyridine rings is 1. The Hall–Kier alpha value is -1.33. The van der Waals surface area contributed by atoms with E-state index in [1.165, 1.54) is 19.3 Å². The van der Waals surface area contributed by atoms with E-state index in [1.807, 2.05) is 12.1 Å². The van der Waals surface area contributed by atoms with Crippen molar-refractivity contribution in [1.29, 1.82) is 0 Å². The molecule has 1 heterocycles. The second-order valence-corrected chi connectivity index (χ2v) is 4.00. The molecule has 2 nitrogen and oxygen atoms in total. The van der Waals surface area contributed by atoms with Gasteiger partial charge in [-0.3, -0.25) is 4.98 Å². The van der Waals surface area contributed by atoms with Crippen molar-refractivity contribution in [2.24, 2.45) is 5.73 Å². The molecule has 2 N–H and O–H groups in total. The van der Waals surface area contributed by atoms with E-state index in [0.717, 1.165) is 18.4 Å². The summed E-state index contributed by atoms with van der Waals surface area (Å²) in [5.41, 5.74) is 6.92. The minimum Gasteiger partial charge on any atom is -0.327 e. The Morgan fingerprint density at radius 2 is 2.31 bits per heavy atom. The molecule has 0 spiro atoms. The maximum absolute atomic E-state index is 5.96. The Kier molecular flexibility index (Phi) is 6.29. The van der Waals surface area contributed by atoms with Gasteiger partial charge < -0.3 is 5.73 Å². The third-order valence-corrected chi connectivity index (χ3v) is 2.44. The average molecular weight is 216 g/mol. The van der Waals surface area contributed by atoms with Crippen molar-refractivity contribution < 1.29 is 0 Å². The van der Waals surface area contributed by atoms with Crippen LogP contribution in [-0.2, 0) is 0 Å². The van der Waals surface area contributed by atoms with Gasteiger partial charge in [-0.2, -0.15) is 0 Å². The molecular formula is C14H20N2. The van der Waals surface area contributed by atoms with Gasteiger partial charge in [-0.1, -0.05) is 38.0 Å². The third kappa shape index (κ3) is 5.53. The predicted molar refractivity (Wildman–Crippen MR) is 67.8 cm³/mol. The lowest BCUT2D eigenvalue weighted by Crippen LogP contribution is -2.18. The Labute approximate surface area is 98.3 Å². The quantitative estimate of drug-likeness (QED) is 0.607. The molecule has 86 valence electrons. The molecule has 1 aromatic heterocycles. The maximum atomic E-state index is 5.96. The zero-order valence-corrected chi connectivity index (χ0v) is 9.95. The van der Waals surface area contributed by atoms with Crippen LogP contribution in [0.25, 0.3) is 0 Å². The van der Waals surface area contributed by atoms with Crippen LogP contribution in [0.5, 0.6) is 0 Å². The lowest BCUT2D eigenvalue weighted by atomic mass is 10.1. The van der Waals surface area contributed by atoms with Crippen LogP contribution in [0.4, 0.5) is 0 Å². The van der Waals surface area contributed by atoms with Crippen molar-refractivity contribution in [2.75, 3.05) is 0 Å². The largest absolute Gasteiger partial charge is 0.327 e. The predicted octanol–water partition coefficient (Wildman–Crippen LogP) is 2.73. The van der Waals surface area contributed by atoms with Gasteiger partial charge in [0, 0.05) is 30.4 Å². The number of nitrogens with two attached hydrogens (primary N) is 1. The number of hydrogen-bond acceptors (Lipinski definition) is 2. The van der Waals surface area contributed by atoms with Crippen molar-refractivity contribution in [1.82, 2.24) is 4.98 Å². The highest BCUT2D eigenvalue weighted by Crippen LogP contribution is 2.03. The molecule has 1 aromatic rings. The molecule has 0 saturated heterocycles. The van der Waals surface area contributed by atoms with Crippen LogP contribution in [0, 0.1) is 11.8 Å². The molecule has 0 aliphatic carbocycles. The highest BCUT2D eigenvalue weighted by Gasteiger charge is 1.98. The van der Waals surface area contributed by atoms with Gasteiger partial charge in [-0.05, 0) is 18.6 Å². The summed E-state index contributed by atoms with van der Waals surface area (Å²) >= 11 is 0. The fraction of sp³-hybridized carbons (Fsp3) is 0.500. The lowest BCUT2D eigenvalue weighted by Gasteiger charge is -2.05. The SMILES string of the molecule is CCCCCC(N)CC#Cc1cccnc1. The van der Waals surface area contributed by atoms with Crippen LogP contribution >= 0.6 is 0 Å². The van der Waals surface area contributed by atoms with Gasteiger partial charge in [-0.15, -0.1) is 0 Å². The summed E-state index contributed by atoms with van der Waals surface area (Å²) in [6, 6.07) is 4.07. The smallest absolute Gasteiger partial charge is 0.0428 e. The van der Waals surface area contributed by atoms with Crippen molar-refractivity contribution in [3.05, 3.63) is 30.1 Å². The molecule has 1 unspecified atom stereocenters. The molecule has 1 atom stereocenters. The molecule has 2 heteroatoms.